The van der Waals surface area contributed by atoms with Crippen molar-refractivity contribution in [3.63, 3.8) is 0 Å². The second-order valence-corrected chi connectivity index (χ2v) is 6.45. The Hall–Kier alpha value is -3.22. The Bertz CT molecular complexity index is 991. The summed E-state index contributed by atoms with van der Waals surface area (Å²) in [7, 11) is 0. The third-order valence-electron chi connectivity index (χ3n) is 4.57. The molecule has 1 aliphatic heterocycles. The highest BCUT2D eigenvalue weighted by atomic mass is 16.2. The van der Waals surface area contributed by atoms with Crippen LogP contribution in [0, 0.1) is 6.92 Å². The van der Waals surface area contributed by atoms with E-state index in [1.165, 1.54) is 6.92 Å². The number of hydrogen-bond donors (Lipinski definition) is 1. The fraction of sp³-hybridized carbons (Fsp3) is 0.263. The van der Waals surface area contributed by atoms with Crippen LogP contribution < -0.4 is 10.2 Å². The van der Waals surface area contributed by atoms with Gasteiger partial charge in [-0.1, -0.05) is 6.07 Å². The molecule has 7 heteroatoms. The third-order valence-corrected chi connectivity index (χ3v) is 4.57. The molecule has 2 amide bonds. The van der Waals surface area contributed by atoms with E-state index in [0.717, 1.165) is 35.3 Å². The Labute approximate surface area is 150 Å². The predicted octanol–water partition coefficient (Wildman–Crippen LogP) is 2.59. The molecule has 0 atom stereocenters. The van der Waals surface area contributed by atoms with Crippen LogP contribution in [-0.2, 0) is 11.2 Å². The maximum atomic E-state index is 13.2. The molecule has 0 unspecified atom stereocenters. The molecular weight excluding hydrogens is 330 g/mol. The zero-order valence-electron chi connectivity index (χ0n) is 14.7. The van der Waals surface area contributed by atoms with Crippen molar-refractivity contribution in [3.8, 4) is 0 Å². The molecule has 0 radical (unpaired) electrons. The Balaban J connectivity index is 1.77. The molecule has 0 saturated carbocycles. The van der Waals surface area contributed by atoms with Gasteiger partial charge in [-0.15, -0.1) is 0 Å². The van der Waals surface area contributed by atoms with Crippen LogP contribution in [0.3, 0.4) is 0 Å². The number of nitrogens with zero attached hydrogens (tertiary/aromatic N) is 4. The lowest BCUT2D eigenvalue weighted by molar-refractivity contribution is -0.114. The molecule has 132 valence electrons. The molecule has 1 aliphatic rings. The van der Waals surface area contributed by atoms with Crippen molar-refractivity contribution in [2.45, 2.75) is 26.7 Å². The van der Waals surface area contributed by atoms with Gasteiger partial charge in [0.25, 0.3) is 5.91 Å². The van der Waals surface area contributed by atoms with E-state index in [2.05, 4.69) is 15.4 Å². The van der Waals surface area contributed by atoms with Gasteiger partial charge in [0, 0.05) is 37.6 Å². The third kappa shape index (κ3) is 2.71. The molecule has 0 saturated heterocycles. The first-order valence-electron chi connectivity index (χ1n) is 8.57. The Kier molecular flexibility index (Phi) is 3.91. The highest BCUT2D eigenvalue weighted by Gasteiger charge is 2.28. The van der Waals surface area contributed by atoms with Gasteiger partial charge in [-0.05, 0) is 43.0 Å². The van der Waals surface area contributed by atoms with E-state index in [4.69, 9.17) is 0 Å². The number of anilines is 2. The summed E-state index contributed by atoms with van der Waals surface area (Å²) in [6.45, 7) is 4.09. The van der Waals surface area contributed by atoms with Crippen LogP contribution in [0.2, 0.25) is 0 Å². The normalized spacial score (nSPS) is 13.5. The summed E-state index contributed by atoms with van der Waals surface area (Å²) in [4.78, 5) is 30.6. The molecule has 4 rings (SSSR count). The summed E-state index contributed by atoms with van der Waals surface area (Å²) in [6.07, 6.45) is 5.10. The van der Waals surface area contributed by atoms with Crippen molar-refractivity contribution in [3.05, 3.63) is 53.5 Å². The SMILES string of the molecule is CC(=O)Nc1ccc(C)c2c1CCCN2C(=O)c1cc2ncccn2n1. The first kappa shape index (κ1) is 16.3. The molecule has 0 aliphatic carbocycles. The van der Waals surface area contributed by atoms with Crippen LogP contribution >= 0.6 is 0 Å². The van der Waals surface area contributed by atoms with Crippen molar-refractivity contribution in [2.24, 2.45) is 0 Å². The molecule has 1 aromatic carbocycles. The fourth-order valence-electron chi connectivity index (χ4n) is 3.49. The molecule has 26 heavy (non-hydrogen) atoms. The molecule has 0 spiro atoms. The number of aromatic nitrogens is 3. The number of nitrogens with one attached hydrogen (secondary N) is 1. The van der Waals surface area contributed by atoms with Crippen molar-refractivity contribution in [1.29, 1.82) is 0 Å². The fourth-order valence-corrected chi connectivity index (χ4v) is 3.49. The van der Waals surface area contributed by atoms with Crippen molar-refractivity contribution in [2.75, 3.05) is 16.8 Å². The number of hydrogen-bond acceptors (Lipinski definition) is 4. The Morgan fingerprint density at radius 1 is 1.27 bits per heavy atom. The van der Waals surface area contributed by atoms with Gasteiger partial charge < -0.3 is 10.2 Å². The molecule has 1 N–H and O–H groups in total. The average molecular weight is 349 g/mol. The van der Waals surface area contributed by atoms with E-state index < -0.39 is 0 Å². The second-order valence-electron chi connectivity index (χ2n) is 6.45. The van der Waals surface area contributed by atoms with Crippen molar-refractivity contribution >= 4 is 28.8 Å². The van der Waals surface area contributed by atoms with Crippen LogP contribution in [0.1, 0.15) is 35.0 Å². The Morgan fingerprint density at radius 3 is 2.88 bits per heavy atom. The minimum Gasteiger partial charge on any atom is -0.326 e. The van der Waals surface area contributed by atoms with Gasteiger partial charge in [0.15, 0.2) is 11.3 Å². The van der Waals surface area contributed by atoms with Gasteiger partial charge in [0.05, 0.1) is 5.69 Å². The van der Waals surface area contributed by atoms with E-state index in [-0.39, 0.29) is 11.8 Å². The van der Waals surface area contributed by atoms with Gasteiger partial charge in [-0.2, -0.15) is 5.10 Å². The average Bonchev–Trinajstić information content (AvgIpc) is 3.07. The molecular formula is C19H19N5O2. The first-order chi connectivity index (χ1) is 12.5. The van der Waals surface area contributed by atoms with E-state index >= 15 is 0 Å². The van der Waals surface area contributed by atoms with Crippen LogP contribution in [0.15, 0.2) is 36.7 Å². The molecule has 0 bridgehead atoms. The first-order valence-corrected chi connectivity index (χ1v) is 8.57. The number of rotatable bonds is 2. The van der Waals surface area contributed by atoms with E-state index in [0.29, 0.717) is 17.9 Å². The largest absolute Gasteiger partial charge is 0.326 e. The van der Waals surface area contributed by atoms with Crippen molar-refractivity contribution < 1.29 is 9.59 Å². The predicted molar refractivity (Wildman–Crippen MR) is 98.5 cm³/mol. The van der Waals surface area contributed by atoms with E-state index in [9.17, 15) is 9.59 Å². The molecule has 3 heterocycles. The minimum absolute atomic E-state index is 0.120. The van der Waals surface area contributed by atoms with Crippen LogP contribution in [0.25, 0.3) is 5.65 Å². The van der Waals surface area contributed by atoms with Crippen LogP contribution in [-0.4, -0.2) is 33.0 Å². The number of fused-ring (bicyclic) bond motifs is 2. The maximum Gasteiger partial charge on any atom is 0.278 e. The second kappa shape index (κ2) is 6.25. The lowest BCUT2D eigenvalue weighted by Crippen LogP contribution is -2.36. The molecule has 7 nitrogen and oxygen atoms in total. The van der Waals surface area contributed by atoms with Crippen LogP contribution in [0.4, 0.5) is 11.4 Å². The summed E-state index contributed by atoms with van der Waals surface area (Å²) in [5.74, 6) is -0.273. The maximum absolute atomic E-state index is 13.2. The summed E-state index contributed by atoms with van der Waals surface area (Å²) < 4.78 is 1.60. The van der Waals surface area contributed by atoms with Gasteiger partial charge >= 0.3 is 0 Å². The highest BCUT2D eigenvalue weighted by molar-refractivity contribution is 6.07. The van der Waals surface area contributed by atoms with Gasteiger partial charge in [0.1, 0.15) is 0 Å². The van der Waals surface area contributed by atoms with Crippen molar-refractivity contribution in [1.82, 2.24) is 14.6 Å². The number of carbonyl (C=O) groups excluding carboxylic acids is 2. The Morgan fingerprint density at radius 2 is 2.12 bits per heavy atom. The number of amides is 2. The minimum atomic E-state index is -0.153. The molecule has 0 fully saturated rings. The standard InChI is InChI=1S/C19H19N5O2/c1-12-6-7-15(21-13(2)25)14-5-3-9-23(18(12)14)19(26)16-11-17-20-8-4-10-24(17)22-16/h4,6-8,10-11H,3,5,9H2,1-2H3,(H,21,25). The quantitative estimate of drug-likeness (QED) is 0.771. The summed E-state index contributed by atoms with van der Waals surface area (Å²) in [6, 6.07) is 7.30. The number of benzene rings is 1. The summed E-state index contributed by atoms with van der Waals surface area (Å²) in [5.41, 5.74) is 4.65. The number of aryl methyl sites for hydroxylation is 1. The van der Waals surface area contributed by atoms with Crippen LogP contribution in [0.5, 0.6) is 0 Å². The highest BCUT2D eigenvalue weighted by Crippen LogP contribution is 2.36. The molecule has 2 aromatic heterocycles. The smallest absolute Gasteiger partial charge is 0.278 e. The van der Waals surface area contributed by atoms with E-state index in [1.54, 1.807) is 33.9 Å². The zero-order valence-corrected chi connectivity index (χ0v) is 14.7. The lowest BCUT2D eigenvalue weighted by atomic mass is 9.96. The van der Waals surface area contributed by atoms with Gasteiger partial charge in [0.2, 0.25) is 5.91 Å². The van der Waals surface area contributed by atoms with E-state index in [1.807, 2.05) is 19.1 Å². The monoisotopic (exact) mass is 349 g/mol. The summed E-state index contributed by atoms with van der Waals surface area (Å²) in [5, 5.41) is 7.23. The summed E-state index contributed by atoms with van der Waals surface area (Å²) >= 11 is 0. The topological polar surface area (TPSA) is 79.6 Å². The lowest BCUT2D eigenvalue weighted by Gasteiger charge is -2.32. The van der Waals surface area contributed by atoms with Gasteiger partial charge in [-0.3, -0.25) is 9.59 Å². The zero-order chi connectivity index (χ0) is 18.3. The van der Waals surface area contributed by atoms with Gasteiger partial charge in [-0.25, -0.2) is 9.50 Å². The number of carbonyl (C=O) groups is 2. The molecule has 3 aromatic rings.